The standard InChI is InChI=1S/C13H19IN2OS.ClH/c14-12-3-2-11(18-12)6-8-16-13(17)4-1-10-5-7-15-9-10;/h2-3,10,15H,1,4-9H2,(H,16,17);1H. The van der Waals surface area contributed by atoms with Gasteiger partial charge in [-0.05, 0) is 73.0 Å². The third-order valence-corrected chi connectivity index (χ3v) is 5.22. The summed E-state index contributed by atoms with van der Waals surface area (Å²) in [6, 6.07) is 4.26. The lowest BCUT2D eigenvalue weighted by molar-refractivity contribution is -0.121. The topological polar surface area (TPSA) is 41.1 Å². The van der Waals surface area contributed by atoms with E-state index in [0.29, 0.717) is 12.3 Å². The molecule has 0 radical (unpaired) electrons. The quantitative estimate of drug-likeness (QED) is 0.703. The van der Waals surface area contributed by atoms with Crippen LogP contribution in [-0.2, 0) is 11.2 Å². The first-order valence-electron chi connectivity index (χ1n) is 6.45. The normalized spacial score (nSPS) is 18.1. The highest BCUT2D eigenvalue weighted by Gasteiger charge is 2.15. The molecule has 1 amide bonds. The third kappa shape index (κ3) is 6.42. The van der Waals surface area contributed by atoms with Crippen LogP contribution in [0, 0.1) is 8.80 Å². The fourth-order valence-corrected chi connectivity index (χ4v) is 3.95. The van der Waals surface area contributed by atoms with Crippen molar-refractivity contribution in [1.29, 1.82) is 0 Å². The van der Waals surface area contributed by atoms with Gasteiger partial charge in [0.2, 0.25) is 5.91 Å². The van der Waals surface area contributed by atoms with Crippen LogP contribution in [0.3, 0.4) is 0 Å². The molecule has 108 valence electrons. The van der Waals surface area contributed by atoms with Crippen molar-refractivity contribution in [3.63, 3.8) is 0 Å². The molecule has 2 N–H and O–H groups in total. The number of rotatable bonds is 6. The van der Waals surface area contributed by atoms with Gasteiger partial charge in [0, 0.05) is 17.8 Å². The number of thiophene rings is 1. The van der Waals surface area contributed by atoms with Gasteiger partial charge in [0.25, 0.3) is 0 Å². The fourth-order valence-electron chi connectivity index (χ4n) is 2.20. The van der Waals surface area contributed by atoms with Gasteiger partial charge < -0.3 is 10.6 Å². The van der Waals surface area contributed by atoms with E-state index in [0.717, 1.165) is 32.5 Å². The first kappa shape index (κ1) is 17.2. The number of halogens is 2. The van der Waals surface area contributed by atoms with E-state index >= 15 is 0 Å². The van der Waals surface area contributed by atoms with Crippen molar-refractivity contribution >= 4 is 52.2 Å². The highest BCUT2D eigenvalue weighted by molar-refractivity contribution is 14.1. The van der Waals surface area contributed by atoms with E-state index in [1.807, 2.05) is 0 Å². The second-order valence-corrected chi connectivity index (χ2v) is 7.77. The van der Waals surface area contributed by atoms with Gasteiger partial charge >= 0.3 is 0 Å². The average molecular weight is 415 g/mol. The van der Waals surface area contributed by atoms with Gasteiger partial charge in [-0.2, -0.15) is 0 Å². The van der Waals surface area contributed by atoms with Gasteiger partial charge in [-0.25, -0.2) is 0 Å². The van der Waals surface area contributed by atoms with Gasteiger partial charge in [0.1, 0.15) is 0 Å². The molecule has 1 aliphatic rings. The Kier molecular flexibility index (Phi) is 8.29. The van der Waals surface area contributed by atoms with Crippen LogP contribution >= 0.6 is 46.3 Å². The molecule has 0 spiro atoms. The van der Waals surface area contributed by atoms with Gasteiger partial charge in [-0.15, -0.1) is 23.7 Å². The smallest absolute Gasteiger partial charge is 0.220 e. The number of hydrogen-bond donors (Lipinski definition) is 2. The second kappa shape index (κ2) is 9.15. The maximum Gasteiger partial charge on any atom is 0.220 e. The Morgan fingerprint density at radius 1 is 1.53 bits per heavy atom. The minimum atomic E-state index is 0. The van der Waals surface area contributed by atoms with E-state index in [1.54, 1.807) is 11.3 Å². The fraction of sp³-hybridized carbons (Fsp3) is 0.615. The Morgan fingerprint density at radius 3 is 3.00 bits per heavy atom. The highest BCUT2D eigenvalue weighted by Crippen LogP contribution is 2.18. The van der Waals surface area contributed by atoms with Gasteiger partial charge in [0.05, 0.1) is 2.88 Å². The maximum absolute atomic E-state index is 11.7. The van der Waals surface area contributed by atoms with E-state index < -0.39 is 0 Å². The maximum atomic E-state index is 11.7. The van der Waals surface area contributed by atoms with Gasteiger partial charge in [0.15, 0.2) is 0 Å². The van der Waals surface area contributed by atoms with E-state index in [4.69, 9.17) is 0 Å². The van der Waals surface area contributed by atoms with Crippen molar-refractivity contribution in [3.8, 4) is 0 Å². The van der Waals surface area contributed by atoms with Crippen LogP contribution in [0.4, 0.5) is 0 Å². The van der Waals surface area contributed by atoms with Crippen molar-refractivity contribution in [2.75, 3.05) is 19.6 Å². The van der Waals surface area contributed by atoms with Crippen molar-refractivity contribution in [3.05, 3.63) is 19.9 Å². The molecule has 1 aromatic rings. The molecule has 1 unspecified atom stereocenters. The molecular formula is C13H20ClIN2OS. The number of carbonyl (C=O) groups is 1. The largest absolute Gasteiger partial charge is 0.356 e. The molecule has 2 rings (SSSR count). The van der Waals surface area contributed by atoms with Crippen molar-refractivity contribution in [2.24, 2.45) is 5.92 Å². The minimum absolute atomic E-state index is 0. The molecule has 1 atom stereocenters. The number of amides is 1. The van der Waals surface area contributed by atoms with E-state index in [1.165, 1.54) is 14.2 Å². The molecule has 19 heavy (non-hydrogen) atoms. The van der Waals surface area contributed by atoms with Crippen LogP contribution in [0.5, 0.6) is 0 Å². The molecule has 1 aromatic heterocycles. The van der Waals surface area contributed by atoms with Crippen molar-refractivity contribution in [1.82, 2.24) is 10.6 Å². The summed E-state index contributed by atoms with van der Waals surface area (Å²) >= 11 is 4.13. The summed E-state index contributed by atoms with van der Waals surface area (Å²) in [5.41, 5.74) is 0. The zero-order chi connectivity index (χ0) is 12.8. The first-order chi connectivity index (χ1) is 8.74. The lowest BCUT2D eigenvalue weighted by atomic mass is 10.0. The monoisotopic (exact) mass is 414 g/mol. The average Bonchev–Trinajstić information content (AvgIpc) is 2.98. The minimum Gasteiger partial charge on any atom is -0.356 e. The lowest BCUT2D eigenvalue weighted by Gasteiger charge is -2.08. The van der Waals surface area contributed by atoms with Crippen LogP contribution < -0.4 is 10.6 Å². The summed E-state index contributed by atoms with van der Waals surface area (Å²) in [6.45, 7) is 2.96. The molecule has 2 heterocycles. The van der Waals surface area contributed by atoms with Gasteiger partial charge in [-0.3, -0.25) is 4.79 Å². The molecular weight excluding hydrogens is 395 g/mol. The van der Waals surface area contributed by atoms with Gasteiger partial charge in [-0.1, -0.05) is 0 Å². The predicted octanol–water partition coefficient (Wildman–Crippen LogP) is 2.82. The van der Waals surface area contributed by atoms with E-state index in [-0.39, 0.29) is 18.3 Å². The van der Waals surface area contributed by atoms with Crippen molar-refractivity contribution < 1.29 is 4.79 Å². The summed E-state index contributed by atoms with van der Waals surface area (Å²) in [5.74, 6) is 0.905. The SMILES string of the molecule is Cl.O=C(CCC1CCNC1)NCCc1ccc(I)s1. The highest BCUT2D eigenvalue weighted by atomic mass is 127. The Hall–Kier alpha value is 0.150. The van der Waals surface area contributed by atoms with Crippen LogP contribution in [0.25, 0.3) is 0 Å². The number of hydrogen-bond acceptors (Lipinski definition) is 3. The Labute approximate surface area is 138 Å². The first-order valence-corrected chi connectivity index (χ1v) is 8.35. The van der Waals surface area contributed by atoms with Crippen molar-refractivity contribution in [2.45, 2.75) is 25.7 Å². The number of carbonyl (C=O) groups excluding carboxylic acids is 1. The second-order valence-electron chi connectivity index (χ2n) is 4.70. The zero-order valence-electron chi connectivity index (χ0n) is 10.8. The predicted molar refractivity (Wildman–Crippen MR) is 91.2 cm³/mol. The molecule has 0 aliphatic carbocycles. The van der Waals surface area contributed by atoms with Crippen LogP contribution in [-0.4, -0.2) is 25.5 Å². The molecule has 0 bridgehead atoms. The summed E-state index contributed by atoms with van der Waals surface area (Å²) < 4.78 is 1.31. The summed E-state index contributed by atoms with van der Waals surface area (Å²) in [4.78, 5) is 13.0. The summed E-state index contributed by atoms with van der Waals surface area (Å²) in [7, 11) is 0. The number of nitrogens with one attached hydrogen (secondary N) is 2. The van der Waals surface area contributed by atoms with Crippen LogP contribution in [0.15, 0.2) is 12.1 Å². The molecule has 3 nitrogen and oxygen atoms in total. The van der Waals surface area contributed by atoms with Crippen LogP contribution in [0.2, 0.25) is 0 Å². The summed E-state index contributed by atoms with van der Waals surface area (Å²) in [5, 5.41) is 6.34. The molecule has 0 saturated carbocycles. The van der Waals surface area contributed by atoms with Crippen LogP contribution in [0.1, 0.15) is 24.1 Å². The third-order valence-electron chi connectivity index (χ3n) is 3.26. The Morgan fingerprint density at radius 2 is 2.37 bits per heavy atom. The zero-order valence-corrected chi connectivity index (χ0v) is 14.6. The Balaban J connectivity index is 0.00000180. The van der Waals surface area contributed by atoms with E-state index in [9.17, 15) is 4.79 Å². The molecule has 6 heteroatoms. The lowest BCUT2D eigenvalue weighted by Crippen LogP contribution is -2.26. The molecule has 1 saturated heterocycles. The molecule has 1 aliphatic heterocycles. The Bertz CT molecular complexity index is 394. The molecule has 0 aromatic carbocycles. The molecule has 1 fully saturated rings. The van der Waals surface area contributed by atoms with E-state index in [2.05, 4.69) is 45.4 Å². The summed E-state index contributed by atoms with van der Waals surface area (Å²) in [6.07, 6.45) is 3.87.